The molecule has 6 nitrogen and oxygen atoms in total. The van der Waals surface area contributed by atoms with Crippen LogP contribution in [0, 0.1) is 5.82 Å². The van der Waals surface area contributed by atoms with Crippen molar-refractivity contribution in [2.45, 2.75) is 26.8 Å². The van der Waals surface area contributed by atoms with E-state index in [1.165, 1.54) is 57.5 Å². The van der Waals surface area contributed by atoms with Gasteiger partial charge in [0.2, 0.25) is 5.91 Å². The van der Waals surface area contributed by atoms with E-state index in [4.69, 9.17) is 0 Å². The number of anilines is 2. The van der Waals surface area contributed by atoms with Crippen molar-refractivity contribution in [3.05, 3.63) is 68.8 Å². The minimum absolute atomic E-state index is 0.127. The van der Waals surface area contributed by atoms with E-state index in [-0.39, 0.29) is 23.7 Å². The highest BCUT2D eigenvalue weighted by molar-refractivity contribution is 7.18. The number of fused-ring (bicyclic) bond motifs is 1. The van der Waals surface area contributed by atoms with Crippen molar-refractivity contribution in [1.82, 2.24) is 14.5 Å². The molecule has 0 atom stereocenters. The van der Waals surface area contributed by atoms with Gasteiger partial charge in [-0.05, 0) is 24.6 Å². The maximum atomic E-state index is 14.2. The monoisotopic (exact) mass is 428 g/mol. The van der Waals surface area contributed by atoms with Crippen molar-refractivity contribution >= 4 is 49.6 Å². The Labute approximate surface area is 173 Å². The lowest BCUT2D eigenvalue weighted by Crippen LogP contribution is -2.24. The van der Waals surface area contributed by atoms with Crippen LogP contribution in [0.4, 0.5) is 15.2 Å². The van der Waals surface area contributed by atoms with Gasteiger partial charge in [-0.25, -0.2) is 14.4 Å². The SMILES string of the molecule is CCc1cc2c(=O)n(Cc3csc(N(C(C)=O)c4ccccc4F)n3)cnc2s1. The minimum Gasteiger partial charge on any atom is -0.293 e. The molecule has 1 amide bonds. The van der Waals surface area contributed by atoms with Gasteiger partial charge in [-0.2, -0.15) is 0 Å². The number of para-hydroxylation sites is 1. The van der Waals surface area contributed by atoms with Crippen LogP contribution in [0.25, 0.3) is 10.2 Å². The average molecular weight is 429 g/mol. The number of carbonyl (C=O) groups is 1. The van der Waals surface area contributed by atoms with Crippen LogP contribution >= 0.6 is 22.7 Å². The number of rotatable bonds is 5. The smallest absolute Gasteiger partial charge is 0.262 e. The molecule has 9 heteroatoms. The van der Waals surface area contributed by atoms with Gasteiger partial charge in [-0.15, -0.1) is 22.7 Å². The van der Waals surface area contributed by atoms with E-state index in [1.54, 1.807) is 17.5 Å². The van der Waals surface area contributed by atoms with E-state index in [0.29, 0.717) is 16.2 Å². The first-order valence-corrected chi connectivity index (χ1v) is 10.6. The van der Waals surface area contributed by atoms with Crippen LogP contribution in [0.3, 0.4) is 0 Å². The standard InChI is InChI=1S/C20H17FN4O2S2/c1-3-14-8-15-18(29-14)22-11-24(19(15)27)9-13-10-28-20(23-13)25(12(2)26)17-7-5-4-6-16(17)21/h4-8,10-11H,3,9H2,1-2H3. The minimum atomic E-state index is -0.505. The summed E-state index contributed by atoms with van der Waals surface area (Å²) in [5, 5.41) is 2.71. The molecule has 0 radical (unpaired) electrons. The van der Waals surface area contributed by atoms with Crippen molar-refractivity contribution in [3.8, 4) is 0 Å². The molecule has 0 spiro atoms. The molecule has 4 aromatic rings. The van der Waals surface area contributed by atoms with Crippen molar-refractivity contribution < 1.29 is 9.18 Å². The second-order valence-electron chi connectivity index (χ2n) is 6.39. The fourth-order valence-corrected chi connectivity index (χ4v) is 4.78. The van der Waals surface area contributed by atoms with Crippen molar-refractivity contribution in [1.29, 1.82) is 0 Å². The molecule has 29 heavy (non-hydrogen) atoms. The number of nitrogens with zero attached hydrogens (tertiary/aromatic N) is 4. The quantitative estimate of drug-likeness (QED) is 0.474. The summed E-state index contributed by atoms with van der Waals surface area (Å²) in [4.78, 5) is 36.8. The zero-order valence-corrected chi connectivity index (χ0v) is 17.4. The van der Waals surface area contributed by atoms with Gasteiger partial charge in [0.25, 0.3) is 5.56 Å². The number of aryl methyl sites for hydroxylation is 1. The summed E-state index contributed by atoms with van der Waals surface area (Å²) >= 11 is 2.74. The highest BCUT2D eigenvalue weighted by Crippen LogP contribution is 2.31. The lowest BCUT2D eigenvalue weighted by molar-refractivity contribution is -0.115. The summed E-state index contributed by atoms with van der Waals surface area (Å²) < 4.78 is 15.7. The van der Waals surface area contributed by atoms with Gasteiger partial charge in [-0.1, -0.05) is 19.1 Å². The Morgan fingerprint density at radius 1 is 1.31 bits per heavy atom. The number of amides is 1. The first kappa shape index (κ1) is 19.4. The van der Waals surface area contributed by atoms with Crippen LogP contribution in [0.15, 0.2) is 46.8 Å². The molecule has 0 saturated heterocycles. The van der Waals surface area contributed by atoms with E-state index in [1.807, 2.05) is 13.0 Å². The molecule has 0 aliphatic carbocycles. The van der Waals surface area contributed by atoms with E-state index >= 15 is 0 Å². The Hall–Kier alpha value is -2.91. The van der Waals surface area contributed by atoms with E-state index in [9.17, 15) is 14.0 Å². The Morgan fingerprint density at radius 3 is 2.83 bits per heavy atom. The van der Waals surface area contributed by atoms with Gasteiger partial charge < -0.3 is 0 Å². The third-order valence-electron chi connectivity index (χ3n) is 4.39. The van der Waals surface area contributed by atoms with Crippen molar-refractivity contribution in [2.24, 2.45) is 0 Å². The van der Waals surface area contributed by atoms with Crippen LogP contribution in [-0.2, 0) is 17.8 Å². The molecule has 0 N–H and O–H groups in total. The number of thiazole rings is 1. The van der Waals surface area contributed by atoms with Crippen LogP contribution < -0.4 is 10.5 Å². The zero-order chi connectivity index (χ0) is 20.5. The maximum Gasteiger partial charge on any atom is 0.262 e. The Bertz CT molecular complexity index is 1260. The zero-order valence-electron chi connectivity index (χ0n) is 15.8. The third-order valence-corrected chi connectivity index (χ3v) is 6.45. The lowest BCUT2D eigenvalue weighted by Gasteiger charge is -2.18. The van der Waals surface area contributed by atoms with Gasteiger partial charge in [0, 0.05) is 17.2 Å². The number of hydrogen-bond acceptors (Lipinski definition) is 6. The predicted molar refractivity (Wildman–Crippen MR) is 114 cm³/mol. The molecule has 0 aliphatic heterocycles. The van der Waals surface area contributed by atoms with Crippen LogP contribution in [-0.4, -0.2) is 20.4 Å². The molecule has 0 saturated carbocycles. The summed E-state index contributed by atoms with van der Waals surface area (Å²) in [5.74, 6) is -0.851. The summed E-state index contributed by atoms with van der Waals surface area (Å²) in [6.45, 7) is 3.62. The molecule has 0 bridgehead atoms. The highest BCUT2D eigenvalue weighted by atomic mass is 32.1. The van der Waals surface area contributed by atoms with Gasteiger partial charge in [0.1, 0.15) is 10.6 Å². The average Bonchev–Trinajstić information content (AvgIpc) is 3.33. The second-order valence-corrected chi connectivity index (χ2v) is 8.34. The predicted octanol–water partition coefficient (Wildman–Crippen LogP) is 4.35. The summed E-state index contributed by atoms with van der Waals surface area (Å²) in [5.41, 5.74) is 0.617. The second kappa shape index (κ2) is 7.84. The Morgan fingerprint density at radius 2 is 2.10 bits per heavy atom. The van der Waals surface area contributed by atoms with E-state index in [0.717, 1.165) is 16.1 Å². The summed E-state index contributed by atoms with van der Waals surface area (Å²) in [6.07, 6.45) is 2.37. The topological polar surface area (TPSA) is 68.1 Å². The lowest BCUT2D eigenvalue weighted by atomic mass is 10.3. The fraction of sp³-hybridized carbons (Fsp3) is 0.200. The fourth-order valence-electron chi connectivity index (χ4n) is 2.98. The first-order chi connectivity index (χ1) is 14.0. The Balaban J connectivity index is 1.66. The molecule has 3 heterocycles. The summed E-state index contributed by atoms with van der Waals surface area (Å²) in [7, 11) is 0. The van der Waals surface area contributed by atoms with Gasteiger partial charge in [0.15, 0.2) is 5.13 Å². The van der Waals surface area contributed by atoms with Crippen LogP contribution in [0.1, 0.15) is 24.4 Å². The number of carbonyl (C=O) groups excluding carboxylic acids is 1. The number of aromatic nitrogens is 3. The molecule has 3 aromatic heterocycles. The van der Waals surface area contributed by atoms with Crippen molar-refractivity contribution in [3.63, 3.8) is 0 Å². The third kappa shape index (κ3) is 3.70. The number of benzene rings is 1. The molecular formula is C20H17FN4O2S2. The first-order valence-electron chi connectivity index (χ1n) is 8.95. The van der Waals surface area contributed by atoms with Gasteiger partial charge in [-0.3, -0.25) is 19.1 Å². The normalized spacial score (nSPS) is 11.1. The number of hydrogen-bond donors (Lipinski definition) is 0. The van der Waals surface area contributed by atoms with Gasteiger partial charge in [0.05, 0.1) is 29.6 Å². The molecule has 4 rings (SSSR count). The Kier molecular flexibility index (Phi) is 5.25. The summed E-state index contributed by atoms with van der Waals surface area (Å²) in [6, 6.07) is 7.94. The molecule has 1 aromatic carbocycles. The van der Waals surface area contributed by atoms with Crippen molar-refractivity contribution in [2.75, 3.05) is 4.90 Å². The number of halogens is 1. The molecular weight excluding hydrogens is 411 g/mol. The highest BCUT2D eigenvalue weighted by Gasteiger charge is 2.21. The molecule has 0 aliphatic rings. The van der Waals surface area contributed by atoms with E-state index < -0.39 is 5.82 Å². The van der Waals surface area contributed by atoms with E-state index in [2.05, 4.69) is 9.97 Å². The largest absolute Gasteiger partial charge is 0.293 e. The maximum absolute atomic E-state index is 14.2. The molecule has 0 fully saturated rings. The van der Waals surface area contributed by atoms with Gasteiger partial charge >= 0.3 is 0 Å². The molecule has 148 valence electrons. The van der Waals surface area contributed by atoms with Crippen LogP contribution in [0.5, 0.6) is 0 Å². The number of thiophene rings is 1. The molecule has 0 unspecified atom stereocenters. The van der Waals surface area contributed by atoms with Crippen LogP contribution in [0.2, 0.25) is 0 Å².